The maximum absolute atomic E-state index is 11.7. The highest BCUT2D eigenvalue weighted by Crippen LogP contribution is 2.30. The number of furan rings is 1. The summed E-state index contributed by atoms with van der Waals surface area (Å²) in [7, 11) is 1.42. The molecule has 2 atom stereocenters. The molecule has 2 heterocycles. The second-order valence-electron chi connectivity index (χ2n) is 3.77. The molecule has 82 valence electrons. The Kier molecular flexibility index (Phi) is 3.06. The van der Waals surface area contributed by atoms with E-state index >= 15 is 0 Å². The van der Waals surface area contributed by atoms with Gasteiger partial charge < -0.3 is 14.5 Å². The summed E-state index contributed by atoms with van der Waals surface area (Å²) in [4.78, 5) is 11.7. The van der Waals surface area contributed by atoms with Gasteiger partial charge >= 0.3 is 5.97 Å². The van der Waals surface area contributed by atoms with Crippen LogP contribution in [0, 0.1) is 5.92 Å². The lowest BCUT2D eigenvalue weighted by molar-refractivity contribution is -0.144. The summed E-state index contributed by atoms with van der Waals surface area (Å²) < 4.78 is 10.1. The molecule has 1 aromatic heterocycles. The quantitative estimate of drug-likeness (QED) is 0.758. The molecule has 0 amide bonds. The molecule has 0 radical (unpaired) electrons. The number of esters is 1. The molecule has 1 saturated heterocycles. The van der Waals surface area contributed by atoms with E-state index in [2.05, 4.69) is 5.32 Å². The van der Waals surface area contributed by atoms with Gasteiger partial charge in [-0.15, -0.1) is 0 Å². The molecule has 0 saturated carbocycles. The van der Waals surface area contributed by atoms with Gasteiger partial charge in [-0.2, -0.15) is 0 Å². The average molecular weight is 209 g/mol. The highest BCUT2D eigenvalue weighted by atomic mass is 16.5. The first-order chi connectivity index (χ1) is 7.33. The van der Waals surface area contributed by atoms with Crippen molar-refractivity contribution in [3.05, 3.63) is 24.2 Å². The Labute approximate surface area is 88.6 Å². The number of rotatable bonds is 3. The van der Waals surface area contributed by atoms with Crippen LogP contribution in [-0.2, 0) is 9.53 Å². The van der Waals surface area contributed by atoms with Crippen molar-refractivity contribution in [1.82, 2.24) is 5.32 Å². The zero-order valence-electron chi connectivity index (χ0n) is 8.73. The smallest absolute Gasteiger partial charge is 0.316 e. The first kappa shape index (κ1) is 10.2. The zero-order valence-corrected chi connectivity index (χ0v) is 8.73. The maximum atomic E-state index is 11.7. The van der Waals surface area contributed by atoms with Crippen molar-refractivity contribution in [2.75, 3.05) is 20.2 Å². The molecule has 1 fully saturated rings. The number of methoxy groups -OCH3 is 1. The molecule has 2 rings (SSSR count). The van der Waals surface area contributed by atoms with Gasteiger partial charge in [-0.3, -0.25) is 4.79 Å². The minimum absolute atomic E-state index is 0.210. The molecule has 4 heteroatoms. The van der Waals surface area contributed by atoms with E-state index in [-0.39, 0.29) is 17.8 Å². The van der Waals surface area contributed by atoms with Gasteiger partial charge in [-0.25, -0.2) is 0 Å². The summed E-state index contributed by atoms with van der Waals surface area (Å²) in [5.74, 6) is 0.512. The maximum Gasteiger partial charge on any atom is 0.316 e. The van der Waals surface area contributed by atoms with Gasteiger partial charge in [0.25, 0.3) is 0 Å². The van der Waals surface area contributed by atoms with Crippen molar-refractivity contribution >= 4 is 5.97 Å². The van der Waals surface area contributed by atoms with Gasteiger partial charge in [0.2, 0.25) is 0 Å². The third kappa shape index (κ3) is 2.04. The van der Waals surface area contributed by atoms with Crippen molar-refractivity contribution in [3.8, 4) is 0 Å². The normalized spacial score (nSPS) is 22.6. The average Bonchev–Trinajstić information content (AvgIpc) is 2.90. The van der Waals surface area contributed by atoms with E-state index in [4.69, 9.17) is 9.15 Å². The first-order valence-corrected chi connectivity index (χ1v) is 5.15. The Morgan fingerprint density at radius 1 is 1.73 bits per heavy atom. The Hall–Kier alpha value is -1.29. The topological polar surface area (TPSA) is 51.5 Å². The molecule has 0 aliphatic carbocycles. The van der Waals surface area contributed by atoms with Crippen LogP contribution in [0.3, 0.4) is 0 Å². The van der Waals surface area contributed by atoms with Gasteiger partial charge in [0.15, 0.2) is 0 Å². The summed E-state index contributed by atoms with van der Waals surface area (Å²) in [5, 5.41) is 3.24. The van der Waals surface area contributed by atoms with Crippen LogP contribution in [0.15, 0.2) is 22.8 Å². The molecule has 1 aliphatic heterocycles. The minimum atomic E-state index is -0.264. The molecular formula is C11H15NO3. The van der Waals surface area contributed by atoms with Crippen molar-refractivity contribution in [2.24, 2.45) is 5.92 Å². The third-order valence-electron chi connectivity index (χ3n) is 2.87. The summed E-state index contributed by atoms with van der Waals surface area (Å²) in [6, 6.07) is 3.63. The van der Waals surface area contributed by atoms with Crippen LogP contribution < -0.4 is 5.32 Å². The minimum Gasteiger partial charge on any atom is -0.468 e. The Balaban J connectivity index is 2.19. The van der Waals surface area contributed by atoms with Gasteiger partial charge in [0.05, 0.1) is 13.4 Å². The number of nitrogens with one attached hydrogen (secondary N) is 1. The summed E-state index contributed by atoms with van der Waals surface area (Å²) in [6.45, 7) is 1.80. The van der Waals surface area contributed by atoms with Gasteiger partial charge in [-0.05, 0) is 37.6 Å². The number of hydrogen-bond donors (Lipinski definition) is 1. The molecule has 2 unspecified atom stereocenters. The SMILES string of the molecule is COC(=O)C(c1ccco1)C1CCNC1. The number of ether oxygens (including phenoxy) is 1. The first-order valence-electron chi connectivity index (χ1n) is 5.15. The van der Waals surface area contributed by atoms with E-state index in [9.17, 15) is 4.79 Å². The standard InChI is InChI=1S/C11H15NO3/c1-14-11(13)10(8-4-5-12-7-8)9-3-2-6-15-9/h2-3,6,8,10,12H,4-5,7H2,1H3. The number of hydrogen-bond acceptors (Lipinski definition) is 4. The predicted octanol–water partition coefficient (Wildman–Crippen LogP) is 1.15. The molecule has 1 aliphatic rings. The number of carbonyl (C=O) groups is 1. The van der Waals surface area contributed by atoms with Crippen LogP contribution in [0.1, 0.15) is 18.1 Å². The predicted molar refractivity (Wildman–Crippen MR) is 54.4 cm³/mol. The van der Waals surface area contributed by atoms with Gasteiger partial charge in [-0.1, -0.05) is 0 Å². The van der Waals surface area contributed by atoms with Crippen LogP contribution >= 0.6 is 0 Å². The van der Waals surface area contributed by atoms with E-state index in [1.54, 1.807) is 12.3 Å². The van der Waals surface area contributed by atoms with Crippen LogP contribution in [0.5, 0.6) is 0 Å². The molecule has 4 nitrogen and oxygen atoms in total. The van der Waals surface area contributed by atoms with Crippen molar-refractivity contribution < 1.29 is 13.9 Å². The lowest BCUT2D eigenvalue weighted by Gasteiger charge is -2.17. The molecule has 0 spiro atoms. The Bertz CT molecular complexity index is 315. The summed E-state index contributed by atoms with van der Waals surface area (Å²) >= 11 is 0. The van der Waals surface area contributed by atoms with Crippen molar-refractivity contribution in [1.29, 1.82) is 0 Å². The zero-order chi connectivity index (χ0) is 10.7. The Morgan fingerprint density at radius 3 is 3.13 bits per heavy atom. The second kappa shape index (κ2) is 4.49. The Morgan fingerprint density at radius 2 is 2.60 bits per heavy atom. The summed E-state index contributed by atoms with van der Waals surface area (Å²) in [5.41, 5.74) is 0. The number of carbonyl (C=O) groups excluding carboxylic acids is 1. The van der Waals surface area contributed by atoms with E-state index in [1.807, 2.05) is 6.07 Å². The van der Waals surface area contributed by atoms with Gasteiger partial charge in [0.1, 0.15) is 11.7 Å². The molecule has 1 N–H and O–H groups in total. The highest BCUT2D eigenvalue weighted by molar-refractivity contribution is 5.77. The van der Waals surface area contributed by atoms with E-state index in [1.165, 1.54) is 7.11 Å². The van der Waals surface area contributed by atoms with Crippen LogP contribution in [0.25, 0.3) is 0 Å². The lowest BCUT2D eigenvalue weighted by atomic mass is 9.89. The fourth-order valence-electron chi connectivity index (χ4n) is 2.10. The largest absolute Gasteiger partial charge is 0.468 e. The molecule has 15 heavy (non-hydrogen) atoms. The van der Waals surface area contributed by atoms with Crippen LogP contribution in [-0.4, -0.2) is 26.2 Å². The molecule has 1 aromatic rings. The van der Waals surface area contributed by atoms with E-state index < -0.39 is 0 Å². The molecular weight excluding hydrogens is 194 g/mol. The lowest BCUT2D eigenvalue weighted by Crippen LogP contribution is -2.24. The van der Waals surface area contributed by atoms with Crippen molar-refractivity contribution in [3.63, 3.8) is 0 Å². The molecule has 0 aromatic carbocycles. The molecule has 0 bridgehead atoms. The van der Waals surface area contributed by atoms with Gasteiger partial charge in [0, 0.05) is 0 Å². The van der Waals surface area contributed by atoms with Crippen LogP contribution in [0.4, 0.5) is 0 Å². The second-order valence-corrected chi connectivity index (χ2v) is 3.77. The summed E-state index contributed by atoms with van der Waals surface area (Å²) in [6.07, 6.45) is 2.58. The van der Waals surface area contributed by atoms with Crippen molar-refractivity contribution in [2.45, 2.75) is 12.3 Å². The fraction of sp³-hybridized carbons (Fsp3) is 0.545. The van der Waals surface area contributed by atoms with E-state index in [0.717, 1.165) is 19.5 Å². The van der Waals surface area contributed by atoms with E-state index in [0.29, 0.717) is 5.76 Å². The van der Waals surface area contributed by atoms with Crippen LogP contribution in [0.2, 0.25) is 0 Å². The third-order valence-corrected chi connectivity index (χ3v) is 2.87. The highest BCUT2D eigenvalue weighted by Gasteiger charge is 2.34. The monoisotopic (exact) mass is 209 g/mol. The fourth-order valence-corrected chi connectivity index (χ4v) is 2.10.